The van der Waals surface area contributed by atoms with E-state index in [1.54, 1.807) is 13.3 Å². The lowest BCUT2D eigenvalue weighted by atomic mass is 9.49. The number of methoxy groups -OCH3 is 1. The van der Waals surface area contributed by atoms with E-state index in [0.29, 0.717) is 30.2 Å². The maximum Gasteiger partial charge on any atom is 0.274 e. The van der Waals surface area contributed by atoms with Gasteiger partial charge in [-0.05, 0) is 99.5 Å². The van der Waals surface area contributed by atoms with Crippen molar-refractivity contribution in [3.63, 3.8) is 0 Å². The molecule has 4 bridgehead atoms. The molecule has 4 saturated carbocycles. The number of aromatic nitrogens is 2. The number of nitrogens with one attached hydrogen (secondary N) is 1. The van der Waals surface area contributed by atoms with Crippen LogP contribution in [0.3, 0.4) is 0 Å². The summed E-state index contributed by atoms with van der Waals surface area (Å²) in [5, 5.41) is 3.17. The molecule has 2 amide bonds. The molecule has 2 aromatic rings. The number of imidazole rings is 1. The second-order valence-electron chi connectivity index (χ2n) is 11.8. The van der Waals surface area contributed by atoms with E-state index in [-0.39, 0.29) is 23.3 Å². The first kappa shape index (κ1) is 23.0. The standard InChI is InChI=1S/C28H38N4O3/c1-35-10-8-22-5-2-3-9-31(22)27(34)23-18-32-24(29-23)6-4-7-25(32)30-26(33)17-28-14-19-11-20(15-28)13-21(12-19)16-28/h4,6-7,18-22H,2-3,5,8-17H2,1H3,(H,30,33). The monoisotopic (exact) mass is 478 g/mol. The van der Waals surface area contributed by atoms with Gasteiger partial charge in [-0.2, -0.15) is 0 Å². The number of fused-ring (bicyclic) bond motifs is 1. The average Bonchev–Trinajstić information content (AvgIpc) is 3.27. The van der Waals surface area contributed by atoms with Crippen LogP contribution in [0.15, 0.2) is 24.4 Å². The smallest absolute Gasteiger partial charge is 0.274 e. The van der Waals surface area contributed by atoms with Crippen LogP contribution in [0.5, 0.6) is 0 Å². The van der Waals surface area contributed by atoms with Crippen LogP contribution in [0, 0.1) is 23.2 Å². The Morgan fingerprint density at radius 1 is 1.11 bits per heavy atom. The quantitative estimate of drug-likeness (QED) is 0.613. The van der Waals surface area contributed by atoms with Crippen LogP contribution in [0.25, 0.3) is 5.65 Å². The molecule has 5 aliphatic rings. The van der Waals surface area contributed by atoms with Crippen molar-refractivity contribution in [2.75, 3.05) is 25.6 Å². The van der Waals surface area contributed by atoms with Crippen LogP contribution in [-0.4, -0.2) is 52.4 Å². The molecule has 0 spiro atoms. The number of rotatable bonds is 7. The Hall–Kier alpha value is -2.41. The summed E-state index contributed by atoms with van der Waals surface area (Å²) in [4.78, 5) is 33.3. The van der Waals surface area contributed by atoms with E-state index >= 15 is 0 Å². The number of carbonyl (C=O) groups is 2. The van der Waals surface area contributed by atoms with Gasteiger partial charge in [0.15, 0.2) is 0 Å². The lowest BCUT2D eigenvalue weighted by molar-refractivity contribution is -0.124. The first-order valence-corrected chi connectivity index (χ1v) is 13.6. The molecular weight excluding hydrogens is 440 g/mol. The molecule has 7 rings (SSSR count). The van der Waals surface area contributed by atoms with Crippen LogP contribution >= 0.6 is 0 Å². The third-order valence-corrected chi connectivity index (χ3v) is 9.22. The van der Waals surface area contributed by atoms with Crippen molar-refractivity contribution in [1.82, 2.24) is 14.3 Å². The van der Waals surface area contributed by atoms with Crippen molar-refractivity contribution in [1.29, 1.82) is 0 Å². The summed E-state index contributed by atoms with van der Waals surface area (Å²) in [5.74, 6) is 3.27. The number of pyridine rings is 1. The molecule has 1 aliphatic heterocycles. The van der Waals surface area contributed by atoms with E-state index in [9.17, 15) is 9.59 Å². The van der Waals surface area contributed by atoms with Gasteiger partial charge in [0.25, 0.3) is 5.91 Å². The number of hydrogen-bond donors (Lipinski definition) is 1. The third kappa shape index (κ3) is 4.48. The largest absolute Gasteiger partial charge is 0.385 e. The first-order chi connectivity index (χ1) is 17.0. The number of likely N-dealkylation sites (tertiary alicyclic amines) is 1. The van der Waals surface area contributed by atoms with Crippen molar-refractivity contribution in [2.45, 2.75) is 76.7 Å². The van der Waals surface area contributed by atoms with Gasteiger partial charge < -0.3 is 15.0 Å². The SMILES string of the molecule is COCCC1CCCCN1C(=O)c1cn2c(NC(=O)CC34CC5CC(CC(C5)C3)C4)cccc2n1. The third-order valence-electron chi connectivity index (χ3n) is 9.22. The maximum absolute atomic E-state index is 13.4. The lowest BCUT2D eigenvalue weighted by Crippen LogP contribution is -2.47. The van der Waals surface area contributed by atoms with Crippen molar-refractivity contribution < 1.29 is 14.3 Å². The van der Waals surface area contributed by atoms with Gasteiger partial charge in [0.05, 0.1) is 0 Å². The van der Waals surface area contributed by atoms with Gasteiger partial charge >= 0.3 is 0 Å². The zero-order chi connectivity index (χ0) is 24.0. The van der Waals surface area contributed by atoms with E-state index in [4.69, 9.17) is 4.74 Å². The Morgan fingerprint density at radius 3 is 2.57 bits per heavy atom. The molecule has 188 valence electrons. The van der Waals surface area contributed by atoms with Crippen LogP contribution in [0.4, 0.5) is 5.82 Å². The van der Waals surface area contributed by atoms with E-state index in [0.717, 1.165) is 50.0 Å². The molecule has 5 fully saturated rings. The summed E-state index contributed by atoms with van der Waals surface area (Å²) in [6.07, 6.45) is 14.2. The van der Waals surface area contributed by atoms with Gasteiger partial charge in [-0.3, -0.25) is 14.0 Å². The lowest BCUT2D eigenvalue weighted by Gasteiger charge is -2.56. The molecule has 4 aliphatic carbocycles. The summed E-state index contributed by atoms with van der Waals surface area (Å²) in [6.45, 7) is 1.41. The molecule has 1 N–H and O–H groups in total. The highest BCUT2D eigenvalue weighted by atomic mass is 16.5. The average molecular weight is 479 g/mol. The number of anilines is 1. The van der Waals surface area contributed by atoms with Gasteiger partial charge in [-0.25, -0.2) is 4.98 Å². The molecule has 3 heterocycles. The number of carbonyl (C=O) groups excluding carboxylic acids is 2. The minimum absolute atomic E-state index is 0.0275. The molecule has 2 aromatic heterocycles. The normalized spacial score (nSPS) is 31.7. The fraction of sp³-hybridized carbons (Fsp3) is 0.679. The molecule has 0 radical (unpaired) electrons. The molecule has 35 heavy (non-hydrogen) atoms. The minimum Gasteiger partial charge on any atom is -0.385 e. The number of hydrogen-bond acceptors (Lipinski definition) is 4. The molecule has 1 saturated heterocycles. The Labute approximate surface area is 207 Å². The number of nitrogens with zero attached hydrogens (tertiary/aromatic N) is 3. The number of piperidine rings is 1. The van der Waals surface area contributed by atoms with Crippen molar-refractivity contribution >= 4 is 23.3 Å². The van der Waals surface area contributed by atoms with Gasteiger partial charge in [0.1, 0.15) is 17.2 Å². The van der Waals surface area contributed by atoms with Gasteiger partial charge in [0, 0.05) is 38.9 Å². The second-order valence-corrected chi connectivity index (χ2v) is 11.8. The van der Waals surface area contributed by atoms with Gasteiger partial charge in [-0.1, -0.05) is 6.07 Å². The molecule has 7 heteroatoms. The molecule has 7 nitrogen and oxygen atoms in total. The topological polar surface area (TPSA) is 75.9 Å². The van der Waals surface area contributed by atoms with E-state index < -0.39 is 0 Å². The molecule has 0 aromatic carbocycles. The van der Waals surface area contributed by atoms with Crippen molar-refractivity contribution in [2.24, 2.45) is 23.2 Å². The number of ether oxygens (including phenoxy) is 1. The minimum atomic E-state index is -0.0275. The van der Waals surface area contributed by atoms with Gasteiger partial charge in [0.2, 0.25) is 5.91 Å². The number of amides is 2. The van der Waals surface area contributed by atoms with Crippen LogP contribution in [0.2, 0.25) is 0 Å². The second kappa shape index (κ2) is 9.23. The van der Waals surface area contributed by atoms with Crippen molar-refractivity contribution in [3.8, 4) is 0 Å². The predicted molar refractivity (Wildman–Crippen MR) is 134 cm³/mol. The molecule has 1 atom stereocenters. The van der Waals surface area contributed by atoms with E-state index in [1.807, 2.05) is 27.5 Å². The predicted octanol–water partition coefficient (Wildman–Crippen LogP) is 4.91. The summed E-state index contributed by atoms with van der Waals surface area (Å²) < 4.78 is 7.13. The highest BCUT2D eigenvalue weighted by Gasteiger charge is 2.51. The Balaban J connectivity index is 1.18. The van der Waals surface area contributed by atoms with Crippen LogP contribution in [-0.2, 0) is 9.53 Å². The molecule has 1 unspecified atom stereocenters. The van der Waals surface area contributed by atoms with Crippen LogP contribution in [0.1, 0.15) is 81.1 Å². The van der Waals surface area contributed by atoms with Crippen molar-refractivity contribution in [3.05, 3.63) is 30.1 Å². The summed E-state index contributed by atoms with van der Waals surface area (Å²) in [7, 11) is 1.70. The van der Waals surface area contributed by atoms with Crippen LogP contribution < -0.4 is 5.32 Å². The van der Waals surface area contributed by atoms with Gasteiger partial charge in [-0.15, -0.1) is 0 Å². The zero-order valence-corrected chi connectivity index (χ0v) is 20.9. The van der Waals surface area contributed by atoms with E-state index in [2.05, 4.69) is 10.3 Å². The fourth-order valence-corrected chi connectivity index (χ4v) is 8.22. The highest BCUT2D eigenvalue weighted by molar-refractivity contribution is 5.94. The Bertz CT molecular complexity index is 1070. The Kier molecular flexibility index (Phi) is 6.07. The fourth-order valence-electron chi connectivity index (χ4n) is 8.22. The summed E-state index contributed by atoms with van der Waals surface area (Å²) >= 11 is 0. The highest BCUT2D eigenvalue weighted by Crippen LogP contribution is 2.61. The summed E-state index contributed by atoms with van der Waals surface area (Å²) in [5.41, 5.74) is 1.33. The molecular formula is C28H38N4O3. The zero-order valence-electron chi connectivity index (χ0n) is 20.9. The maximum atomic E-state index is 13.4. The van der Waals surface area contributed by atoms with E-state index in [1.165, 1.54) is 38.5 Å². The Morgan fingerprint density at radius 2 is 1.86 bits per heavy atom. The first-order valence-electron chi connectivity index (χ1n) is 13.6. The summed E-state index contributed by atoms with van der Waals surface area (Å²) in [6, 6.07) is 5.90.